The van der Waals surface area contributed by atoms with E-state index in [4.69, 9.17) is 20.6 Å². The van der Waals surface area contributed by atoms with Gasteiger partial charge in [0.1, 0.15) is 12.3 Å². The number of nitriles is 1. The molecule has 0 aliphatic rings. The molecule has 2 rings (SSSR count). The summed E-state index contributed by atoms with van der Waals surface area (Å²) >= 11 is 1.15. The molecule has 0 bridgehead atoms. The van der Waals surface area contributed by atoms with Crippen LogP contribution in [0.5, 0.6) is 11.5 Å². The van der Waals surface area contributed by atoms with E-state index in [1.165, 1.54) is 7.11 Å². The molecule has 0 radical (unpaired) electrons. The molecule has 7 nitrogen and oxygen atoms in total. The Kier molecular flexibility index (Phi) is 4.12. The first-order valence-electron chi connectivity index (χ1n) is 5.27. The van der Waals surface area contributed by atoms with Crippen molar-refractivity contribution in [1.29, 1.82) is 5.26 Å². The number of nitrogens with two attached hydrogens (primary N) is 1. The molecule has 1 heterocycles. The molecular weight excluding hydrogens is 266 g/mol. The minimum Gasteiger partial charge on any atom is -0.493 e. The van der Waals surface area contributed by atoms with E-state index in [0.717, 1.165) is 11.5 Å². The van der Waals surface area contributed by atoms with Gasteiger partial charge < -0.3 is 14.9 Å². The van der Waals surface area contributed by atoms with E-state index >= 15 is 0 Å². The van der Waals surface area contributed by atoms with Crippen molar-refractivity contribution in [2.24, 2.45) is 5.84 Å². The molecule has 98 valence electrons. The molecule has 0 atom stereocenters. The lowest BCUT2D eigenvalue weighted by atomic mass is 10.2. The van der Waals surface area contributed by atoms with Crippen LogP contribution in [0.3, 0.4) is 0 Å². The lowest BCUT2D eigenvalue weighted by Gasteiger charge is -2.10. The molecular formula is C11H11N5O2S. The van der Waals surface area contributed by atoms with Gasteiger partial charge in [-0.15, -0.1) is 5.10 Å². The fourth-order valence-corrected chi connectivity index (χ4v) is 1.89. The van der Waals surface area contributed by atoms with Gasteiger partial charge in [-0.2, -0.15) is 5.26 Å². The fourth-order valence-electron chi connectivity index (χ4n) is 1.42. The normalized spacial score (nSPS) is 9.74. The largest absolute Gasteiger partial charge is 0.493 e. The van der Waals surface area contributed by atoms with Crippen LogP contribution in [0.15, 0.2) is 18.2 Å². The molecule has 0 spiro atoms. The van der Waals surface area contributed by atoms with E-state index in [9.17, 15) is 0 Å². The van der Waals surface area contributed by atoms with Crippen LogP contribution in [-0.2, 0) is 6.61 Å². The first kappa shape index (κ1) is 13.1. The molecule has 1 aromatic heterocycles. The summed E-state index contributed by atoms with van der Waals surface area (Å²) in [6, 6.07) is 6.97. The Bertz CT molecular complexity index is 607. The number of nitrogens with zero attached hydrogens (tertiary/aromatic N) is 3. The summed E-state index contributed by atoms with van der Waals surface area (Å²) in [6.45, 7) is 0.207. The zero-order valence-corrected chi connectivity index (χ0v) is 10.9. The third-order valence-corrected chi connectivity index (χ3v) is 3.04. The summed E-state index contributed by atoms with van der Waals surface area (Å²) in [5.41, 5.74) is 3.61. The van der Waals surface area contributed by atoms with Crippen LogP contribution in [0.25, 0.3) is 0 Å². The SMILES string of the molecule is COc1cc(C#N)ccc1OCc1nnsc1NN. The first-order chi connectivity index (χ1) is 9.28. The molecule has 1 aromatic carbocycles. The van der Waals surface area contributed by atoms with Gasteiger partial charge in [0.05, 0.1) is 18.7 Å². The number of benzene rings is 1. The van der Waals surface area contributed by atoms with E-state index in [0.29, 0.717) is 27.8 Å². The number of hydrogen-bond donors (Lipinski definition) is 2. The smallest absolute Gasteiger partial charge is 0.162 e. The highest BCUT2D eigenvalue weighted by Gasteiger charge is 2.10. The Labute approximate surface area is 113 Å². The Morgan fingerprint density at radius 2 is 2.32 bits per heavy atom. The van der Waals surface area contributed by atoms with Crippen LogP contribution in [-0.4, -0.2) is 16.7 Å². The molecule has 8 heteroatoms. The molecule has 0 unspecified atom stereocenters. The summed E-state index contributed by atoms with van der Waals surface area (Å²) in [4.78, 5) is 0. The highest BCUT2D eigenvalue weighted by molar-refractivity contribution is 7.10. The van der Waals surface area contributed by atoms with Crippen LogP contribution in [0, 0.1) is 11.3 Å². The van der Waals surface area contributed by atoms with Gasteiger partial charge in [0.15, 0.2) is 16.5 Å². The lowest BCUT2D eigenvalue weighted by Crippen LogP contribution is -2.08. The number of nitrogens with one attached hydrogen (secondary N) is 1. The van der Waals surface area contributed by atoms with Crippen molar-refractivity contribution in [2.45, 2.75) is 6.61 Å². The molecule has 0 fully saturated rings. The number of hydrogen-bond acceptors (Lipinski definition) is 8. The number of rotatable bonds is 5. The monoisotopic (exact) mass is 277 g/mol. The van der Waals surface area contributed by atoms with Crippen molar-refractivity contribution in [3.05, 3.63) is 29.5 Å². The summed E-state index contributed by atoms with van der Waals surface area (Å²) in [6.07, 6.45) is 0. The van der Waals surface area contributed by atoms with Gasteiger partial charge in [0.25, 0.3) is 0 Å². The maximum absolute atomic E-state index is 8.81. The molecule has 0 aliphatic carbocycles. The highest BCUT2D eigenvalue weighted by Crippen LogP contribution is 2.29. The predicted molar refractivity (Wildman–Crippen MR) is 69.8 cm³/mol. The van der Waals surface area contributed by atoms with Gasteiger partial charge >= 0.3 is 0 Å². The number of methoxy groups -OCH3 is 1. The molecule has 0 saturated heterocycles. The summed E-state index contributed by atoms with van der Waals surface area (Å²) in [5.74, 6) is 6.34. The van der Waals surface area contributed by atoms with E-state index in [2.05, 4.69) is 15.0 Å². The molecule has 0 saturated carbocycles. The summed E-state index contributed by atoms with van der Waals surface area (Å²) in [7, 11) is 1.51. The van der Waals surface area contributed by atoms with E-state index < -0.39 is 0 Å². The van der Waals surface area contributed by atoms with Gasteiger partial charge in [-0.1, -0.05) is 4.49 Å². The standard InChI is InChI=1S/C11H11N5O2S/c1-17-10-4-7(5-12)2-3-9(10)18-6-8-11(14-13)19-16-15-8/h2-4,14H,6,13H2,1H3. The van der Waals surface area contributed by atoms with E-state index in [1.54, 1.807) is 18.2 Å². The minimum atomic E-state index is 0.207. The van der Waals surface area contributed by atoms with Gasteiger partial charge in [-0.05, 0) is 12.1 Å². The predicted octanol–water partition coefficient (Wildman–Crippen LogP) is 1.28. The number of anilines is 1. The topological polar surface area (TPSA) is 106 Å². The first-order valence-corrected chi connectivity index (χ1v) is 6.04. The van der Waals surface area contributed by atoms with Crippen LogP contribution < -0.4 is 20.7 Å². The van der Waals surface area contributed by atoms with E-state index in [-0.39, 0.29) is 6.61 Å². The van der Waals surface area contributed by atoms with Crippen LogP contribution in [0.2, 0.25) is 0 Å². The third kappa shape index (κ3) is 2.90. The van der Waals surface area contributed by atoms with Crippen molar-refractivity contribution >= 4 is 16.5 Å². The van der Waals surface area contributed by atoms with Crippen molar-refractivity contribution in [2.75, 3.05) is 12.5 Å². The number of ether oxygens (including phenoxy) is 2. The Hall–Kier alpha value is -2.37. The lowest BCUT2D eigenvalue weighted by molar-refractivity contribution is 0.281. The summed E-state index contributed by atoms with van der Waals surface area (Å²) in [5, 5.41) is 13.4. The van der Waals surface area contributed by atoms with Crippen LogP contribution >= 0.6 is 11.5 Å². The highest BCUT2D eigenvalue weighted by atomic mass is 32.1. The van der Waals surface area contributed by atoms with Gasteiger partial charge in [0.2, 0.25) is 0 Å². The maximum Gasteiger partial charge on any atom is 0.162 e. The Balaban J connectivity index is 2.13. The quantitative estimate of drug-likeness (QED) is 0.626. The minimum absolute atomic E-state index is 0.207. The number of nitrogen functional groups attached to an aromatic ring is 1. The van der Waals surface area contributed by atoms with Crippen LogP contribution in [0.4, 0.5) is 5.00 Å². The summed E-state index contributed by atoms with van der Waals surface area (Å²) < 4.78 is 14.5. The van der Waals surface area contributed by atoms with Crippen molar-refractivity contribution in [3.63, 3.8) is 0 Å². The second-order valence-electron chi connectivity index (χ2n) is 3.46. The fraction of sp³-hybridized carbons (Fsp3) is 0.182. The van der Waals surface area contributed by atoms with Crippen molar-refractivity contribution in [3.8, 4) is 17.6 Å². The number of hydrazine groups is 1. The molecule has 2 aromatic rings. The molecule has 0 aliphatic heterocycles. The second-order valence-corrected chi connectivity index (χ2v) is 4.21. The van der Waals surface area contributed by atoms with Crippen molar-refractivity contribution in [1.82, 2.24) is 9.59 Å². The van der Waals surface area contributed by atoms with Gasteiger partial charge in [0, 0.05) is 17.6 Å². The van der Waals surface area contributed by atoms with Gasteiger partial charge in [-0.25, -0.2) is 5.84 Å². The molecule has 3 N–H and O–H groups in total. The molecule has 19 heavy (non-hydrogen) atoms. The van der Waals surface area contributed by atoms with Gasteiger partial charge in [-0.3, -0.25) is 0 Å². The Morgan fingerprint density at radius 1 is 1.47 bits per heavy atom. The molecule has 0 amide bonds. The van der Waals surface area contributed by atoms with E-state index in [1.807, 2.05) is 6.07 Å². The van der Waals surface area contributed by atoms with Crippen molar-refractivity contribution < 1.29 is 9.47 Å². The zero-order valence-electron chi connectivity index (χ0n) is 10.1. The number of aromatic nitrogens is 2. The maximum atomic E-state index is 8.81. The zero-order chi connectivity index (χ0) is 13.7. The van der Waals surface area contributed by atoms with Crippen LogP contribution in [0.1, 0.15) is 11.3 Å². The average Bonchev–Trinajstić information content (AvgIpc) is 2.92. The third-order valence-electron chi connectivity index (χ3n) is 2.34. The average molecular weight is 277 g/mol. The second kappa shape index (κ2) is 5.99. The Morgan fingerprint density at radius 3 is 3.00 bits per heavy atom.